The molecule has 2 heterocycles. The van der Waals surface area contributed by atoms with Crippen LogP contribution in [0.15, 0.2) is 17.4 Å². The van der Waals surface area contributed by atoms with Crippen LogP contribution in [0.1, 0.15) is 6.42 Å². The van der Waals surface area contributed by atoms with E-state index in [0.29, 0.717) is 12.1 Å². The zero-order chi connectivity index (χ0) is 13.0. The van der Waals surface area contributed by atoms with Crippen LogP contribution in [0, 0.1) is 0 Å². The number of ether oxygens (including phenoxy) is 1. The Morgan fingerprint density at radius 2 is 2.28 bits per heavy atom. The van der Waals surface area contributed by atoms with Crippen LogP contribution in [-0.2, 0) is 11.5 Å². The average molecular weight is 254 g/mol. The number of hydrogen-bond acceptors (Lipinski definition) is 6. The molecule has 0 fully saturated rings. The number of aliphatic hydroxyl groups excluding tert-OH is 2. The Morgan fingerprint density at radius 3 is 3.00 bits per heavy atom. The number of nitrogens with one attached hydrogen (secondary N) is 1. The van der Waals surface area contributed by atoms with E-state index in [4.69, 9.17) is 14.9 Å². The van der Waals surface area contributed by atoms with Crippen LogP contribution in [0.25, 0.3) is 11.2 Å². The molecule has 0 spiro atoms. The number of aliphatic hydroxyl groups is 2. The van der Waals surface area contributed by atoms with Crippen molar-refractivity contribution in [3.05, 3.63) is 23.0 Å². The molecule has 0 aromatic carbocycles. The van der Waals surface area contributed by atoms with Crippen LogP contribution in [0.5, 0.6) is 0 Å². The molecule has 1 atom stereocenters. The summed E-state index contributed by atoms with van der Waals surface area (Å²) in [5.41, 5.74) is 0.344. The number of hydrogen-bond donors (Lipinski definition) is 3. The number of aromatic amines is 1. The van der Waals surface area contributed by atoms with Gasteiger partial charge in [0.2, 0.25) is 0 Å². The molecule has 2 rings (SSSR count). The molecule has 0 bridgehead atoms. The molecule has 2 aromatic heterocycles. The highest BCUT2D eigenvalue weighted by atomic mass is 16.5. The van der Waals surface area contributed by atoms with Gasteiger partial charge in [-0.15, -0.1) is 0 Å². The van der Waals surface area contributed by atoms with Gasteiger partial charge in [-0.05, 0) is 6.42 Å². The average Bonchev–Trinajstić information content (AvgIpc) is 2.79. The summed E-state index contributed by atoms with van der Waals surface area (Å²) in [5.74, 6) is 0. The van der Waals surface area contributed by atoms with Crippen molar-refractivity contribution < 1.29 is 14.9 Å². The second kappa shape index (κ2) is 5.71. The van der Waals surface area contributed by atoms with Crippen LogP contribution in [0.2, 0.25) is 0 Å². The SMILES string of the molecule is O=c1[nH]cnc2c1ncn2COC(CO)CCO. The zero-order valence-corrected chi connectivity index (χ0v) is 9.61. The Labute approximate surface area is 102 Å². The molecule has 0 saturated heterocycles. The van der Waals surface area contributed by atoms with Gasteiger partial charge in [0.25, 0.3) is 5.56 Å². The number of aromatic nitrogens is 4. The van der Waals surface area contributed by atoms with E-state index in [-0.39, 0.29) is 31.0 Å². The predicted octanol–water partition coefficient (Wildman–Crippen LogP) is -1.16. The third-order valence-electron chi connectivity index (χ3n) is 2.51. The largest absolute Gasteiger partial charge is 0.396 e. The van der Waals surface area contributed by atoms with E-state index in [1.807, 2.05) is 0 Å². The van der Waals surface area contributed by atoms with Gasteiger partial charge in [0.1, 0.15) is 6.73 Å². The lowest BCUT2D eigenvalue weighted by Gasteiger charge is -2.14. The van der Waals surface area contributed by atoms with E-state index in [1.54, 1.807) is 4.57 Å². The number of nitrogens with zero attached hydrogens (tertiary/aromatic N) is 3. The van der Waals surface area contributed by atoms with Crippen molar-refractivity contribution in [1.29, 1.82) is 0 Å². The molecule has 18 heavy (non-hydrogen) atoms. The van der Waals surface area contributed by atoms with Crippen molar-refractivity contribution in [2.24, 2.45) is 0 Å². The van der Waals surface area contributed by atoms with Crippen molar-refractivity contribution in [2.75, 3.05) is 13.2 Å². The Balaban J connectivity index is 2.12. The van der Waals surface area contributed by atoms with Gasteiger partial charge in [-0.2, -0.15) is 0 Å². The van der Waals surface area contributed by atoms with Gasteiger partial charge in [0.15, 0.2) is 11.2 Å². The van der Waals surface area contributed by atoms with Crippen LogP contribution in [-0.4, -0.2) is 49.0 Å². The number of rotatable bonds is 6. The lowest BCUT2D eigenvalue weighted by molar-refractivity contribution is -0.0331. The minimum Gasteiger partial charge on any atom is -0.396 e. The first-order valence-electron chi connectivity index (χ1n) is 5.48. The summed E-state index contributed by atoms with van der Waals surface area (Å²) >= 11 is 0. The van der Waals surface area contributed by atoms with E-state index >= 15 is 0 Å². The maximum absolute atomic E-state index is 11.4. The molecule has 8 nitrogen and oxygen atoms in total. The summed E-state index contributed by atoms with van der Waals surface area (Å²) in [4.78, 5) is 21.8. The summed E-state index contributed by atoms with van der Waals surface area (Å²) in [6.07, 6.45) is 2.63. The smallest absolute Gasteiger partial charge is 0.278 e. The minimum absolute atomic E-state index is 0.0617. The van der Waals surface area contributed by atoms with E-state index in [9.17, 15) is 4.79 Å². The van der Waals surface area contributed by atoms with Crippen LogP contribution >= 0.6 is 0 Å². The Kier molecular flexibility index (Phi) is 4.03. The molecule has 0 aliphatic heterocycles. The number of fused-ring (bicyclic) bond motifs is 1. The summed E-state index contributed by atoms with van der Waals surface area (Å²) in [5, 5.41) is 17.8. The fourth-order valence-electron chi connectivity index (χ4n) is 1.54. The quantitative estimate of drug-likeness (QED) is 0.599. The van der Waals surface area contributed by atoms with Crippen LogP contribution in [0.4, 0.5) is 0 Å². The van der Waals surface area contributed by atoms with Gasteiger partial charge in [-0.25, -0.2) is 9.97 Å². The fraction of sp³-hybridized carbons (Fsp3) is 0.500. The van der Waals surface area contributed by atoms with Crippen molar-refractivity contribution in [1.82, 2.24) is 19.5 Å². The second-order valence-electron chi connectivity index (χ2n) is 3.73. The van der Waals surface area contributed by atoms with Gasteiger partial charge in [0, 0.05) is 6.61 Å². The molecular formula is C10H14N4O4. The normalized spacial score (nSPS) is 13.0. The first-order chi connectivity index (χ1) is 8.76. The van der Waals surface area contributed by atoms with Gasteiger partial charge in [-0.3, -0.25) is 9.36 Å². The molecular weight excluding hydrogens is 240 g/mol. The predicted molar refractivity (Wildman–Crippen MR) is 61.8 cm³/mol. The molecule has 3 N–H and O–H groups in total. The molecule has 0 amide bonds. The lowest BCUT2D eigenvalue weighted by Crippen LogP contribution is -2.21. The first-order valence-corrected chi connectivity index (χ1v) is 5.48. The van der Waals surface area contributed by atoms with Crippen molar-refractivity contribution in [3.8, 4) is 0 Å². The zero-order valence-electron chi connectivity index (χ0n) is 9.61. The van der Waals surface area contributed by atoms with E-state index in [2.05, 4.69) is 15.0 Å². The lowest BCUT2D eigenvalue weighted by atomic mass is 10.3. The molecule has 0 radical (unpaired) electrons. The van der Waals surface area contributed by atoms with Gasteiger partial charge in [-0.1, -0.05) is 0 Å². The van der Waals surface area contributed by atoms with E-state index in [0.717, 1.165) is 0 Å². The highest BCUT2D eigenvalue weighted by Gasteiger charge is 2.10. The van der Waals surface area contributed by atoms with E-state index < -0.39 is 6.10 Å². The monoisotopic (exact) mass is 254 g/mol. The topological polar surface area (TPSA) is 113 Å². The molecule has 2 aromatic rings. The number of imidazole rings is 1. The van der Waals surface area contributed by atoms with Crippen LogP contribution in [0.3, 0.4) is 0 Å². The van der Waals surface area contributed by atoms with Gasteiger partial charge >= 0.3 is 0 Å². The summed E-state index contributed by atoms with van der Waals surface area (Å²) in [6.45, 7) is -0.132. The molecule has 98 valence electrons. The summed E-state index contributed by atoms with van der Waals surface area (Å²) in [7, 11) is 0. The third kappa shape index (κ3) is 2.55. The molecule has 0 aliphatic rings. The summed E-state index contributed by atoms with van der Waals surface area (Å²) < 4.78 is 6.94. The standard InChI is InChI=1S/C10H14N4O4/c15-2-1-7(3-16)18-6-14-5-13-8-9(14)11-4-12-10(8)17/h4-5,7,15-16H,1-3,6H2,(H,11,12,17). The highest BCUT2D eigenvalue weighted by molar-refractivity contribution is 5.68. The van der Waals surface area contributed by atoms with Gasteiger partial charge in [0.05, 0.1) is 25.4 Å². The third-order valence-corrected chi connectivity index (χ3v) is 2.51. The van der Waals surface area contributed by atoms with Gasteiger partial charge < -0.3 is 19.9 Å². The highest BCUT2D eigenvalue weighted by Crippen LogP contribution is 2.06. The van der Waals surface area contributed by atoms with E-state index in [1.165, 1.54) is 12.7 Å². The molecule has 0 saturated carbocycles. The molecule has 0 aliphatic carbocycles. The number of H-pyrrole nitrogens is 1. The fourth-order valence-corrected chi connectivity index (χ4v) is 1.54. The molecule has 1 unspecified atom stereocenters. The van der Waals surface area contributed by atoms with Crippen molar-refractivity contribution in [3.63, 3.8) is 0 Å². The Hall–Kier alpha value is -1.77. The Bertz CT molecular complexity index is 564. The van der Waals surface area contributed by atoms with Crippen molar-refractivity contribution >= 4 is 11.2 Å². The first kappa shape index (κ1) is 12.7. The maximum Gasteiger partial charge on any atom is 0.278 e. The Morgan fingerprint density at radius 1 is 1.44 bits per heavy atom. The maximum atomic E-state index is 11.4. The molecule has 8 heteroatoms. The van der Waals surface area contributed by atoms with Crippen molar-refractivity contribution in [2.45, 2.75) is 19.3 Å². The summed E-state index contributed by atoms with van der Waals surface area (Å²) in [6, 6.07) is 0. The van der Waals surface area contributed by atoms with Crippen LogP contribution < -0.4 is 5.56 Å². The minimum atomic E-state index is -0.450. The second-order valence-corrected chi connectivity index (χ2v) is 3.73.